The Hall–Kier alpha value is -1.53. The number of carbonyl (C=O) groups is 1. The highest BCUT2D eigenvalue weighted by atomic mass is 79.9. The Bertz CT molecular complexity index is 699. The van der Waals surface area contributed by atoms with E-state index in [0.29, 0.717) is 5.56 Å². The molecule has 2 aromatic rings. The molecule has 0 N–H and O–H groups in total. The van der Waals surface area contributed by atoms with Crippen LogP contribution in [0.4, 0.5) is 5.69 Å². The number of aryl methyl sites for hydroxylation is 1. The summed E-state index contributed by atoms with van der Waals surface area (Å²) in [6.07, 6.45) is 0.927. The Morgan fingerprint density at radius 3 is 2.13 bits per heavy atom. The molecule has 4 nitrogen and oxygen atoms in total. The molecule has 120 valence electrons. The quantitative estimate of drug-likeness (QED) is 0.267. The van der Waals surface area contributed by atoms with Gasteiger partial charge >= 0.3 is 0 Å². The van der Waals surface area contributed by atoms with E-state index in [9.17, 15) is 14.9 Å². The van der Waals surface area contributed by atoms with Crippen molar-refractivity contribution in [2.75, 3.05) is 0 Å². The third-order valence-electron chi connectivity index (χ3n) is 3.58. The predicted molar refractivity (Wildman–Crippen MR) is 97.6 cm³/mol. The molecule has 0 heterocycles. The monoisotopic (exact) mass is 439 g/mol. The molecule has 0 aliphatic heterocycles. The van der Waals surface area contributed by atoms with Crippen LogP contribution in [0.1, 0.15) is 33.2 Å². The number of rotatable bonds is 6. The lowest BCUT2D eigenvalue weighted by Crippen LogP contribution is -2.19. The first-order valence-corrected chi connectivity index (χ1v) is 8.92. The second-order valence-electron chi connectivity index (χ2n) is 5.07. The summed E-state index contributed by atoms with van der Waals surface area (Å²) in [5.74, 6) is -0.0344. The van der Waals surface area contributed by atoms with Gasteiger partial charge in [-0.05, 0) is 17.5 Å². The van der Waals surface area contributed by atoms with Gasteiger partial charge in [0.2, 0.25) is 0 Å². The van der Waals surface area contributed by atoms with Crippen LogP contribution >= 0.6 is 31.9 Å². The van der Waals surface area contributed by atoms with Gasteiger partial charge in [-0.25, -0.2) is 0 Å². The van der Waals surface area contributed by atoms with Crippen LogP contribution in [0.25, 0.3) is 0 Å². The molecule has 2 atom stereocenters. The number of Topliss-reactive ketones (excluding diaryl/α,β-unsaturated/α-hetero) is 1. The van der Waals surface area contributed by atoms with E-state index in [0.717, 1.165) is 12.0 Å². The number of ketones is 1. The van der Waals surface area contributed by atoms with Gasteiger partial charge in [0.05, 0.1) is 14.6 Å². The maximum atomic E-state index is 12.5. The number of non-ortho nitro benzene ring substituents is 1. The van der Waals surface area contributed by atoms with Crippen LogP contribution in [-0.2, 0) is 6.42 Å². The average Bonchev–Trinajstić information content (AvgIpc) is 2.60. The van der Waals surface area contributed by atoms with Gasteiger partial charge < -0.3 is 0 Å². The van der Waals surface area contributed by atoms with Crippen molar-refractivity contribution in [1.82, 2.24) is 0 Å². The molecule has 0 fully saturated rings. The van der Waals surface area contributed by atoms with Gasteiger partial charge in [0.1, 0.15) is 0 Å². The summed E-state index contributed by atoms with van der Waals surface area (Å²) < 4.78 is 0. The second kappa shape index (κ2) is 7.84. The highest BCUT2D eigenvalue weighted by Gasteiger charge is 2.26. The maximum absolute atomic E-state index is 12.5. The third-order valence-corrected chi connectivity index (χ3v) is 6.29. The fourth-order valence-electron chi connectivity index (χ4n) is 2.15. The molecule has 2 rings (SSSR count). The van der Waals surface area contributed by atoms with Crippen molar-refractivity contribution in [1.29, 1.82) is 0 Å². The van der Waals surface area contributed by atoms with E-state index in [1.807, 2.05) is 24.3 Å². The van der Waals surface area contributed by atoms with Crippen molar-refractivity contribution in [3.63, 3.8) is 0 Å². The molecule has 2 unspecified atom stereocenters. The summed E-state index contributed by atoms with van der Waals surface area (Å²) in [6.45, 7) is 2.06. The number of nitro benzene ring substituents is 1. The molecular weight excluding hydrogens is 426 g/mol. The lowest BCUT2D eigenvalue weighted by Gasteiger charge is -2.16. The van der Waals surface area contributed by atoms with Crippen LogP contribution in [0, 0.1) is 10.1 Å². The summed E-state index contributed by atoms with van der Waals surface area (Å²) in [4.78, 5) is 22.1. The number of nitrogens with zero attached hydrogens (tertiary/aromatic N) is 1. The SMILES string of the molecule is CCc1ccc(C(=O)C(Br)C(Br)c2ccc([N+](=O)[O-])cc2)cc1. The first-order valence-electron chi connectivity index (χ1n) is 7.09. The minimum atomic E-state index is -0.462. The van der Waals surface area contributed by atoms with Crippen LogP contribution in [0.5, 0.6) is 0 Å². The van der Waals surface area contributed by atoms with Gasteiger partial charge in [0, 0.05) is 17.7 Å². The van der Waals surface area contributed by atoms with Gasteiger partial charge in [0.25, 0.3) is 5.69 Å². The number of hydrogen-bond donors (Lipinski definition) is 0. The van der Waals surface area contributed by atoms with E-state index in [1.54, 1.807) is 12.1 Å². The number of carbonyl (C=O) groups excluding carboxylic acids is 1. The third kappa shape index (κ3) is 4.26. The van der Waals surface area contributed by atoms with Crippen molar-refractivity contribution >= 4 is 43.3 Å². The fraction of sp³-hybridized carbons (Fsp3) is 0.235. The van der Waals surface area contributed by atoms with E-state index >= 15 is 0 Å². The van der Waals surface area contributed by atoms with E-state index in [1.165, 1.54) is 17.7 Å². The highest BCUT2D eigenvalue weighted by molar-refractivity contribution is 9.12. The zero-order valence-electron chi connectivity index (χ0n) is 12.4. The lowest BCUT2D eigenvalue weighted by atomic mass is 10.0. The van der Waals surface area contributed by atoms with Crippen molar-refractivity contribution in [2.45, 2.75) is 23.0 Å². The lowest BCUT2D eigenvalue weighted by molar-refractivity contribution is -0.384. The van der Waals surface area contributed by atoms with Gasteiger partial charge in [-0.2, -0.15) is 0 Å². The summed E-state index contributed by atoms with van der Waals surface area (Å²) in [5, 5.41) is 10.7. The highest BCUT2D eigenvalue weighted by Crippen LogP contribution is 2.34. The first kappa shape index (κ1) is 17.8. The molecule has 0 amide bonds. The first-order chi connectivity index (χ1) is 10.9. The summed E-state index contributed by atoms with van der Waals surface area (Å²) in [5.41, 5.74) is 2.64. The predicted octanol–water partition coefficient (Wildman–Crippen LogP) is 5.24. The topological polar surface area (TPSA) is 60.2 Å². The molecule has 0 aromatic heterocycles. The van der Waals surface area contributed by atoms with Crippen LogP contribution in [0.3, 0.4) is 0 Å². The normalized spacial score (nSPS) is 13.3. The molecule has 0 saturated carbocycles. The van der Waals surface area contributed by atoms with Crippen LogP contribution in [0.15, 0.2) is 48.5 Å². The summed E-state index contributed by atoms with van der Waals surface area (Å²) in [7, 11) is 0. The van der Waals surface area contributed by atoms with Gasteiger partial charge in [-0.1, -0.05) is 75.2 Å². The fourth-order valence-corrected chi connectivity index (χ4v) is 3.26. The molecule has 0 radical (unpaired) electrons. The number of hydrogen-bond acceptors (Lipinski definition) is 3. The summed E-state index contributed by atoms with van der Waals surface area (Å²) >= 11 is 6.94. The summed E-state index contributed by atoms with van der Waals surface area (Å²) in [6, 6.07) is 13.7. The molecule has 0 bridgehead atoms. The van der Waals surface area contributed by atoms with Crippen LogP contribution in [0.2, 0.25) is 0 Å². The van der Waals surface area contributed by atoms with Gasteiger partial charge in [-0.15, -0.1) is 0 Å². The van der Waals surface area contributed by atoms with E-state index in [-0.39, 0.29) is 16.3 Å². The zero-order chi connectivity index (χ0) is 17.0. The Kier molecular flexibility index (Phi) is 6.07. The molecule has 23 heavy (non-hydrogen) atoms. The molecular formula is C17H15Br2NO3. The molecule has 2 aromatic carbocycles. The van der Waals surface area contributed by atoms with Gasteiger partial charge in [0.15, 0.2) is 5.78 Å². The Labute approximate surface area is 151 Å². The number of halogens is 2. The van der Waals surface area contributed by atoms with E-state index in [4.69, 9.17) is 0 Å². The minimum absolute atomic E-state index is 0.0288. The number of nitro groups is 1. The Morgan fingerprint density at radius 1 is 1.09 bits per heavy atom. The standard InChI is InChI=1S/C17H15Br2NO3/c1-2-11-3-5-13(6-4-11)17(21)16(19)15(18)12-7-9-14(10-8-12)20(22)23/h3-10,15-16H,2H2,1H3. The van der Waals surface area contributed by atoms with Crippen LogP contribution in [-0.4, -0.2) is 15.5 Å². The molecule has 0 aliphatic carbocycles. The van der Waals surface area contributed by atoms with E-state index < -0.39 is 9.75 Å². The van der Waals surface area contributed by atoms with Crippen molar-refractivity contribution in [2.24, 2.45) is 0 Å². The van der Waals surface area contributed by atoms with E-state index in [2.05, 4.69) is 38.8 Å². The molecule has 0 saturated heterocycles. The largest absolute Gasteiger partial charge is 0.293 e. The molecule has 0 spiro atoms. The zero-order valence-corrected chi connectivity index (χ0v) is 15.6. The number of alkyl halides is 2. The number of benzene rings is 2. The smallest absolute Gasteiger partial charge is 0.269 e. The van der Waals surface area contributed by atoms with Gasteiger partial charge in [-0.3, -0.25) is 14.9 Å². The molecule has 6 heteroatoms. The Balaban J connectivity index is 2.15. The average molecular weight is 441 g/mol. The van der Waals surface area contributed by atoms with Crippen molar-refractivity contribution < 1.29 is 9.72 Å². The maximum Gasteiger partial charge on any atom is 0.269 e. The van der Waals surface area contributed by atoms with Crippen molar-refractivity contribution in [3.8, 4) is 0 Å². The second-order valence-corrected chi connectivity index (χ2v) is 7.04. The molecule has 0 aliphatic rings. The Morgan fingerprint density at radius 2 is 1.65 bits per heavy atom. The van der Waals surface area contributed by atoms with Crippen molar-refractivity contribution in [3.05, 3.63) is 75.3 Å². The minimum Gasteiger partial charge on any atom is -0.293 e. The van der Waals surface area contributed by atoms with Crippen LogP contribution < -0.4 is 0 Å².